The van der Waals surface area contributed by atoms with Crippen LogP contribution in [0.2, 0.25) is 0 Å². The number of aromatic nitrogens is 4. The fourth-order valence-corrected chi connectivity index (χ4v) is 3.41. The van der Waals surface area contributed by atoms with Crippen LogP contribution in [-0.2, 0) is 11.3 Å². The maximum Gasteiger partial charge on any atom is 0.320 e. The zero-order valence-electron chi connectivity index (χ0n) is 18.6. The molecule has 9 heteroatoms. The second kappa shape index (κ2) is 10.1. The molecule has 1 aliphatic rings. The highest BCUT2D eigenvalue weighted by molar-refractivity contribution is 5.80. The quantitative estimate of drug-likeness (QED) is 0.449. The first-order valence-electron chi connectivity index (χ1n) is 10.6. The summed E-state index contributed by atoms with van der Waals surface area (Å²) in [6.45, 7) is 8.92. The molecule has 166 valence electrons. The molecule has 9 nitrogen and oxygen atoms in total. The van der Waals surface area contributed by atoms with Crippen LogP contribution >= 0.6 is 0 Å². The summed E-state index contributed by atoms with van der Waals surface area (Å²) in [5, 5.41) is 4.33. The summed E-state index contributed by atoms with van der Waals surface area (Å²) in [5.74, 6) is 1.89. The molecule has 4 rings (SSSR count). The first-order chi connectivity index (χ1) is 15.5. The van der Waals surface area contributed by atoms with Crippen LogP contribution in [0.1, 0.15) is 28.3 Å². The number of aryl methyl sites for hydroxylation is 3. The Morgan fingerprint density at radius 1 is 1.03 bits per heavy atom. The third-order valence-electron chi connectivity index (χ3n) is 4.82. The molecule has 0 unspecified atom stereocenters. The number of anilines is 2. The standard InChI is InChI=1S/C23H27N7O2/c1-16-5-4-6-19(11-16)14-24-29-20-13-22(30-7-9-31-10-8-30)28-23(27-20)32-15-21-25-17(2)12-18(3)26-21/h4-6,11-14H,7-10,15H2,1-3H3,(H,27,28,29)/b24-14+. The smallest absolute Gasteiger partial charge is 0.320 e. The van der Waals surface area contributed by atoms with Gasteiger partial charge in [0.05, 0.1) is 19.4 Å². The van der Waals surface area contributed by atoms with E-state index in [1.165, 1.54) is 5.56 Å². The molecule has 1 saturated heterocycles. The highest BCUT2D eigenvalue weighted by Gasteiger charge is 2.16. The average molecular weight is 434 g/mol. The largest absolute Gasteiger partial charge is 0.455 e. The number of benzene rings is 1. The molecule has 0 aliphatic carbocycles. The molecule has 1 N–H and O–H groups in total. The van der Waals surface area contributed by atoms with Crippen LogP contribution in [-0.4, -0.2) is 52.5 Å². The molecule has 0 atom stereocenters. The van der Waals surface area contributed by atoms with E-state index in [-0.39, 0.29) is 12.6 Å². The number of morpholine rings is 1. The van der Waals surface area contributed by atoms with Gasteiger partial charge in [0.25, 0.3) is 0 Å². The van der Waals surface area contributed by atoms with Crippen molar-refractivity contribution >= 4 is 17.9 Å². The van der Waals surface area contributed by atoms with Gasteiger partial charge in [-0.3, -0.25) is 5.43 Å². The number of nitrogens with zero attached hydrogens (tertiary/aromatic N) is 6. The van der Waals surface area contributed by atoms with E-state index >= 15 is 0 Å². The monoisotopic (exact) mass is 433 g/mol. The van der Waals surface area contributed by atoms with E-state index in [2.05, 4.69) is 41.4 Å². The summed E-state index contributed by atoms with van der Waals surface area (Å²) in [5.41, 5.74) is 6.97. The van der Waals surface area contributed by atoms with Gasteiger partial charge in [0.15, 0.2) is 18.2 Å². The van der Waals surface area contributed by atoms with Gasteiger partial charge in [-0.1, -0.05) is 29.8 Å². The Balaban J connectivity index is 1.53. The van der Waals surface area contributed by atoms with Crippen LogP contribution in [0.15, 0.2) is 41.5 Å². The molecule has 3 aromatic rings. The second-order valence-corrected chi connectivity index (χ2v) is 7.63. The van der Waals surface area contributed by atoms with Crippen molar-refractivity contribution in [1.82, 2.24) is 19.9 Å². The van der Waals surface area contributed by atoms with Crippen molar-refractivity contribution in [2.24, 2.45) is 5.10 Å². The normalized spacial score (nSPS) is 14.0. The van der Waals surface area contributed by atoms with E-state index in [0.717, 1.165) is 35.9 Å². The minimum absolute atomic E-state index is 0.182. The Hall–Kier alpha value is -3.59. The first-order valence-corrected chi connectivity index (χ1v) is 10.6. The van der Waals surface area contributed by atoms with Crippen LogP contribution in [0.3, 0.4) is 0 Å². The zero-order valence-corrected chi connectivity index (χ0v) is 18.6. The SMILES string of the molecule is Cc1cccc(/C=N/Nc2cc(N3CCOCC3)nc(OCc3nc(C)cc(C)n3)n2)c1. The Kier molecular flexibility index (Phi) is 6.86. The lowest BCUT2D eigenvalue weighted by molar-refractivity contribution is 0.122. The Morgan fingerprint density at radius 2 is 1.81 bits per heavy atom. The molecule has 1 fully saturated rings. The van der Waals surface area contributed by atoms with Crippen molar-refractivity contribution < 1.29 is 9.47 Å². The second-order valence-electron chi connectivity index (χ2n) is 7.63. The van der Waals surface area contributed by atoms with Crippen LogP contribution < -0.4 is 15.1 Å². The lowest BCUT2D eigenvalue weighted by Crippen LogP contribution is -2.36. The Bertz CT molecular complexity index is 1080. The molecule has 1 aliphatic heterocycles. The molecular weight excluding hydrogens is 406 g/mol. The highest BCUT2D eigenvalue weighted by atomic mass is 16.5. The van der Waals surface area contributed by atoms with Gasteiger partial charge in [-0.25, -0.2) is 9.97 Å². The third kappa shape index (κ3) is 5.98. The fourth-order valence-electron chi connectivity index (χ4n) is 3.41. The summed E-state index contributed by atoms with van der Waals surface area (Å²) < 4.78 is 11.3. The van der Waals surface area contributed by atoms with Gasteiger partial charge in [-0.05, 0) is 32.4 Å². The number of rotatable bonds is 7. The minimum atomic E-state index is 0.182. The number of nitrogens with one attached hydrogen (secondary N) is 1. The highest BCUT2D eigenvalue weighted by Crippen LogP contribution is 2.21. The van der Waals surface area contributed by atoms with Crippen molar-refractivity contribution in [2.75, 3.05) is 36.6 Å². The van der Waals surface area contributed by atoms with Gasteiger partial charge in [-0.2, -0.15) is 15.1 Å². The first kappa shape index (κ1) is 21.6. The van der Waals surface area contributed by atoms with Gasteiger partial charge in [-0.15, -0.1) is 0 Å². The van der Waals surface area contributed by atoms with Gasteiger partial charge < -0.3 is 14.4 Å². The van der Waals surface area contributed by atoms with Crippen LogP contribution in [0, 0.1) is 20.8 Å². The topological polar surface area (TPSA) is 97.7 Å². The van der Waals surface area contributed by atoms with Crippen molar-refractivity contribution in [3.05, 3.63) is 64.7 Å². The molecule has 2 aromatic heterocycles. The molecule has 0 bridgehead atoms. The molecule has 0 spiro atoms. The lowest BCUT2D eigenvalue weighted by atomic mass is 10.2. The van der Waals surface area contributed by atoms with E-state index in [1.54, 1.807) is 6.21 Å². The summed E-state index contributed by atoms with van der Waals surface area (Å²) in [6.07, 6.45) is 1.76. The molecule has 0 saturated carbocycles. The lowest BCUT2D eigenvalue weighted by Gasteiger charge is -2.28. The van der Waals surface area contributed by atoms with E-state index in [9.17, 15) is 0 Å². The van der Waals surface area contributed by atoms with Crippen LogP contribution in [0.4, 0.5) is 11.6 Å². The van der Waals surface area contributed by atoms with Gasteiger partial charge in [0.2, 0.25) is 0 Å². The maximum atomic E-state index is 5.86. The number of hydrogen-bond donors (Lipinski definition) is 1. The van der Waals surface area contributed by atoms with Gasteiger partial charge >= 0.3 is 6.01 Å². The Labute approximate surface area is 187 Å². The minimum Gasteiger partial charge on any atom is -0.455 e. The zero-order chi connectivity index (χ0) is 22.3. The van der Waals surface area contributed by atoms with Gasteiger partial charge in [0, 0.05) is 30.5 Å². The molecule has 3 heterocycles. The molecule has 1 aromatic carbocycles. The number of hydrazone groups is 1. The fraction of sp³-hybridized carbons (Fsp3) is 0.348. The van der Waals surface area contributed by atoms with Crippen molar-refractivity contribution in [3.8, 4) is 6.01 Å². The molecule has 32 heavy (non-hydrogen) atoms. The summed E-state index contributed by atoms with van der Waals surface area (Å²) in [6, 6.07) is 12.1. The van der Waals surface area contributed by atoms with Crippen molar-refractivity contribution in [3.63, 3.8) is 0 Å². The predicted molar refractivity (Wildman–Crippen MR) is 123 cm³/mol. The summed E-state index contributed by atoms with van der Waals surface area (Å²) >= 11 is 0. The van der Waals surface area contributed by atoms with E-state index in [4.69, 9.17) is 9.47 Å². The van der Waals surface area contributed by atoms with E-state index < -0.39 is 0 Å². The van der Waals surface area contributed by atoms with Gasteiger partial charge in [0.1, 0.15) is 5.82 Å². The predicted octanol–water partition coefficient (Wildman–Crippen LogP) is 3.05. The van der Waals surface area contributed by atoms with E-state index in [1.807, 2.05) is 51.1 Å². The maximum absolute atomic E-state index is 5.86. The molecular formula is C23H27N7O2. The van der Waals surface area contributed by atoms with E-state index in [0.29, 0.717) is 24.9 Å². The van der Waals surface area contributed by atoms with Crippen LogP contribution in [0.25, 0.3) is 0 Å². The van der Waals surface area contributed by atoms with Crippen molar-refractivity contribution in [2.45, 2.75) is 27.4 Å². The number of ether oxygens (including phenoxy) is 2. The summed E-state index contributed by atoms with van der Waals surface area (Å²) in [4.78, 5) is 20.0. The Morgan fingerprint density at radius 3 is 2.56 bits per heavy atom. The van der Waals surface area contributed by atoms with Crippen LogP contribution in [0.5, 0.6) is 6.01 Å². The average Bonchev–Trinajstić information content (AvgIpc) is 2.78. The molecule has 0 amide bonds. The third-order valence-corrected chi connectivity index (χ3v) is 4.82. The number of hydrogen-bond acceptors (Lipinski definition) is 9. The summed E-state index contributed by atoms with van der Waals surface area (Å²) in [7, 11) is 0. The van der Waals surface area contributed by atoms with Crippen molar-refractivity contribution in [1.29, 1.82) is 0 Å². The molecule has 0 radical (unpaired) electrons.